The fraction of sp³-hybridized carbons (Fsp3) is 0.480. The number of morpholine rings is 1. The number of rotatable bonds is 7. The molecule has 0 radical (unpaired) electrons. The van der Waals surface area contributed by atoms with E-state index in [4.69, 9.17) is 9.47 Å². The van der Waals surface area contributed by atoms with Gasteiger partial charge in [-0.25, -0.2) is 12.8 Å². The van der Waals surface area contributed by atoms with Crippen molar-refractivity contribution in [3.63, 3.8) is 0 Å². The SMILES string of the molecule is Cc1cc(F)ccc1S(=O)(=O)N1CCC[C@@](COc2ccccc2)(CC(=O)N2CCOCC2)C1. The van der Waals surface area contributed by atoms with Gasteiger partial charge in [-0.1, -0.05) is 18.2 Å². The Bertz CT molecular complexity index is 1110. The van der Waals surface area contributed by atoms with Gasteiger partial charge in [0.1, 0.15) is 11.6 Å². The first-order chi connectivity index (χ1) is 16.3. The Balaban J connectivity index is 1.59. The molecule has 2 fully saturated rings. The Morgan fingerprint density at radius 2 is 1.85 bits per heavy atom. The smallest absolute Gasteiger partial charge is 0.243 e. The van der Waals surface area contributed by atoms with Crippen molar-refractivity contribution in [3.8, 4) is 5.75 Å². The number of para-hydroxylation sites is 1. The number of hydrogen-bond donors (Lipinski definition) is 0. The van der Waals surface area contributed by atoms with Gasteiger partial charge in [-0.3, -0.25) is 4.79 Å². The maximum Gasteiger partial charge on any atom is 0.243 e. The minimum atomic E-state index is -3.86. The fourth-order valence-corrected chi connectivity index (χ4v) is 6.52. The molecule has 7 nitrogen and oxygen atoms in total. The molecule has 2 aliphatic heterocycles. The predicted octanol–water partition coefficient (Wildman–Crippen LogP) is 3.23. The van der Waals surface area contributed by atoms with E-state index in [0.29, 0.717) is 57.0 Å². The van der Waals surface area contributed by atoms with E-state index in [9.17, 15) is 17.6 Å². The van der Waals surface area contributed by atoms with Gasteiger partial charge < -0.3 is 14.4 Å². The van der Waals surface area contributed by atoms with Gasteiger partial charge in [0.2, 0.25) is 15.9 Å². The summed E-state index contributed by atoms with van der Waals surface area (Å²) in [7, 11) is -3.86. The first-order valence-corrected chi connectivity index (χ1v) is 13.0. The van der Waals surface area contributed by atoms with E-state index >= 15 is 0 Å². The molecule has 2 aromatic carbocycles. The molecule has 0 saturated carbocycles. The summed E-state index contributed by atoms with van der Waals surface area (Å²) in [6, 6.07) is 13.0. The van der Waals surface area contributed by atoms with Gasteiger partial charge in [-0.2, -0.15) is 4.31 Å². The second-order valence-electron chi connectivity index (χ2n) is 9.12. The van der Waals surface area contributed by atoms with Crippen LogP contribution in [0.3, 0.4) is 0 Å². The molecule has 2 heterocycles. The number of amides is 1. The van der Waals surface area contributed by atoms with Crippen LogP contribution in [0.15, 0.2) is 53.4 Å². The van der Waals surface area contributed by atoms with Crippen LogP contribution < -0.4 is 4.74 Å². The van der Waals surface area contributed by atoms with Gasteiger partial charge in [-0.05, 0) is 55.7 Å². The molecule has 2 aliphatic rings. The molecule has 4 rings (SSSR count). The molecule has 1 atom stereocenters. The topological polar surface area (TPSA) is 76.2 Å². The highest BCUT2D eigenvalue weighted by atomic mass is 32.2. The van der Waals surface area contributed by atoms with Crippen LogP contribution in [-0.2, 0) is 19.6 Å². The first-order valence-electron chi connectivity index (χ1n) is 11.6. The van der Waals surface area contributed by atoms with Gasteiger partial charge in [-0.15, -0.1) is 0 Å². The number of aryl methyl sites for hydroxylation is 1. The summed E-state index contributed by atoms with van der Waals surface area (Å²) in [4.78, 5) is 15.1. The lowest BCUT2D eigenvalue weighted by Crippen LogP contribution is -2.52. The van der Waals surface area contributed by atoms with E-state index in [0.717, 1.165) is 6.07 Å². The monoisotopic (exact) mass is 490 g/mol. The van der Waals surface area contributed by atoms with Gasteiger partial charge in [0.05, 0.1) is 24.7 Å². The van der Waals surface area contributed by atoms with Crippen LogP contribution in [0.25, 0.3) is 0 Å². The number of carbonyl (C=O) groups excluding carboxylic acids is 1. The summed E-state index contributed by atoms with van der Waals surface area (Å²) in [5, 5.41) is 0. The highest BCUT2D eigenvalue weighted by molar-refractivity contribution is 7.89. The number of benzene rings is 2. The van der Waals surface area contributed by atoms with Crippen molar-refractivity contribution in [1.82, 2.24) is 9.21 Å². The van der Waals surface area contributed by atoms with E-state index in [1.165, 1.54) is 16.4 Å². The van der Waals surface area contributed by atoms with Crippen molar-refractivity contribution >= 4 is 15.9 Å². The van der Waals surface area contributed by atoms with Crippen LogP contribution in [0, 0.1) is 18.2 Å². The molecule has 9 heteroatoms. The molecular formula is C25H31FN2O5S. The largest absolute Gasteiger partial charge is 0.493 e. The lowest BCUT2D eigenvalue weighted by atomic mass is 9.78. The zero-order valence-electron chi connectivity index (χ0n) is 19.4. The Morgan fingerprint density at radius 1 is 1.12 bits per heavy atom. The molecule has 0 aliphatic carbocycles. The summed E-state index contributed by atoms with van der Waals surface area (Å²) in [5.41, 5.74) is -0.314. The summed E-state index contributed by atoms with van der Waals surface area (Å²) in [5.74, 6) is 0.184. The van der Waals surface area contributed by atoms with Gasteiger partial charge in [0.15, 0.2) is 0 Å². The predicted molar refractivity (Wildman–Crippen MR) is 126 cm³/mol. The van der Waals surface area contributed by atoms with Gasteiger partial charge >= 0.3 is 0 Å². The summed E-state index contributed by atoms with van der Waals surface area (Å²) < 4.78 is 53.5. The average molecular weight is 491 g/mol. The number of ether oxygens (including phenoxy) is 2. The Morgan fingerprint density at radius 3 is 2.56 bits per heavy atom. The lowest BCUT2D eigenvalue weighted by Gasteiger charge is -2.42. The Hall–Kier alpha value is -2.49. The van der Waals surface area contributed by atoms with Crippen LogP contribution >= 0.6 is 0 Å². The molecule has 0 bridgehead atoms. The van der Waals surface area contributed by atoms with E-state index < -0.39 is 21.3 Å². The molecule has 0 spiro atoms. The Labute approximate surface area is 200 Å². The van der Waals surface area contributed by atoms with Crippen LogP contribution in [0.2, 0.25) is 0 Å². The fourth-order valence-electron chi connectivity index (χ4n) is 4.72. The average Bonchev–Trinajstić information content (AvgIpc) is 2.84. The lowest BCUT2D eigenvalue weighted by molar-refractivity contribution is -0.139. The third-order valence-electron chi connectivity index (χ3n) is 6.56. The standard InChI is InChI=1S/C25H31FN2O5S/c1-20-16-21(26)8-9-23(20)34(30,31)28-11-5-10-25(18-28,19-33-22-6-3-2-4-7-22)17-24(29)27-12-14-32-15-13-27/h2-4,6-9,16H,5,10-15,17-19H2,1H3/t25-/m1/s1. The molecule has 34 heavy (non-hydrogen) atoms. The minimum Gasteiger partial charge on any atom is -0.493 e. The number of nitrogens with zero attached hydrogens (tertiary/aromatic N) is 2. The van der Waals surface area contributed by atoms with Crippen molar-refractivity contribution in [3.05, 3.63) is 59.9 Å². The summed E-state index contributed by atoms with van der Waals surface area (Å²) >= 11 is 0. The van der Waals surface area contributed by atoms with Crippen molar-refractivity contribution < 1.29 is 27.1 Å². The van der Waals surface area contributed by atoms with Crippen LogP contribution in [0.5, 0.6) is 5.75 Å². The zero-order chi connectivity index (χ0) is 24.2. The van der Waals surface area contributed by atoms with Crippen LogP contribution in [-0.4, -0.2) is 69.5 Å². The zero-order valence-corrected chi connectivity index (χ0v) is 20.2. The van der Waals surface area contributed by atoms with E-state index in [1.54, 1.807) is 11.8 Å². The third-order valence-corrected chi connectivity index (χ3v) is 8.56. The molecule has 0 unspecified atom stereocenters. The second kappa shape index (κ2) is 10.4. The summed E-state index contributed by atoms with van der Waals surface area (Å²) in [6.45, 7) is 4.39. The normalized spacial score (nSPS) is 21.9. The van der Waals surface area contributed by atoms with Crippen molar-refractivity contribution in [2.75, 3.05) is 46.0 Å². The maximum atomic E-state index is 13.6. The molecule has 184 valence electrons. The van der Waals surface area contributed by atoms with E-state index in [2.05, 4.69) is 0 Å². The molecule has 0 aromatic heterocycles. The molecule has 0 N–H and O–H groups in total. The molecule has 1 amide bonds. The first kappa shape index (κ1) is 24.6. The van der Waals surface area contributed by atoms with Crippen LogP contribution in [0.1, 0.15) is 24.8 Å². The van der Waals surface area contributed by atoms with Gasteiger partial charge in [0.25, 0.3) is 0 Å². The molecule has 2 aromatic rings. The van der Waals surface area contributed by atoms with Crippen LogP contribution in [0.4, 0.5) is 4.39 Å². The number of carbonyl (C=O) groups is 1. The van der Waals surface area contributed by atoms with Crippen molar-refractivity contribution in [2.24, 2.45) is 5.41 Å². The van der Waals surface area contributed by atoms with E-state index in [-0.39, 0.29) is 30.4 Å². The molecule has 2 saturated heterocycles. The number of sulfonamides is 1. The highest BCUT2D eigenvalue weighted by Gasteiger charge is 2.43. The van der Waals surface area contributed by atoms with E-state index in [1.807, 2.05) is 30.3 Å². The second-order valence-corrected chi connectivity index (χ2v) is 11.0. The number of piperidine rings is 1. The van der Waals surface area contributed by atoms with Crippen molar-refractivity contribution in [2.45, 2.75) is 31.1 Å². The quantitative estimate of drug-likeness (QED) is 0.596. The highest BCUT2D eigenvalue weighted by Crippen LogP contribution is 2.38. The maximum absolute atomic E-state index is 13.6. The molecular weight excluding hydrogens is 459 g/mol. The third kappa shape index (κ3) is 5.59. The number of hydrogen-bond acceptors (Lipinski definition) is 5. The van der Waals surface area contributed by atoms with Gasteiger partial charge in [0, 0.05) is 38.0 Å². The number of halogens is 1. The minimum absolute atomic E-state index is 0.0165. The Kier molecular flexibility index (Phi) is 7.54. The van der Waals surface area contributed by atoms with Crippen molar-refractivity contribution in [1.29, 1.82) is 0 Å². The summed E-state index contributed by atoms with van der Waals surface area (Å²) in [6.07, 6.45) is 1.46.